The zero-order chi connectivity index (χ0) is 10.8. The van der Waals surface area contributed by atoms with E-state index in [1.165, 1.54) is 4.90 Å². The molecule has 1 nitrogen and oxygen atoms in total. The van der Waals surface area contributed by atoms with Gasteiger partial charge in [-0.1, -0.05) is 0 Å². The van der Waals surface area contributed by atoms with Gasteiger partial charge >= 0.3 is 6.18 Å². The molecule has 1 saturated heterocycles. The van der Waals surface area contributed by atoms with Crippen LogP contribution in [0.3, 0.4) is 0 Å². The largest absolute Gasteiger partial charge is 0.401 e. The van der Waals surface area contributed by atoms with E-state index in [4.69, 9.17) is 11.6 Å². The Kier molecular flexibility index (Phi) is 4.07. The van der Waals surface area contributed by atoms with E-state index in [2.05, 4.69) is 0 Å². The van der Waals surface area contributed by atoms with Gasteiger partial charge in [0.2, 0.25) is 0 Å². The van der Waals surface area contributed by atoms with E-state index >= 15 is 0 Å². The third kappa shape index (κ3) is 4.05. The van der Waals surface area contributed by atoms with E-state index in [1.54, 1.807) is 0 Å². The summed E-state index contributed by atoms with van der Waals surface area (Å²) in [5.74, 6) is 0.376. The van der Waals surface area contributed by atoms with Crippen molar-refractivity contribution >= 4 is 11.6 Å². The lowest BCUT2D eigenvalue weighted by Crippen LogP contribution is -2.41. The number of likely N-dealkylation sites (tertiary alicyclic amines) is 1. The van der Waals surface area contributed by atoms with Crippen LogP contribution in [-0.4, -0.2) is 36.1 Å². The number of hydrogen-bond donors (Lipinski definition) is 0. The maximum atomic E-state index is 12.0. The fourth-order valence-electron chi connectivity index (χ4n) is 1.82. The third-order valence-electron chi connectivity index (χ3n) is 2.68. The average molecular weight is 230 g/mol. The Morgan fingerprint density at radius 3 is 2.21 bits per heavy atom. The molecule has 84 valence electrons. The van der Waals surface area contributed by atoms with Gasteiger partial charge in [0.15, 0.2) is 0 Å². The van der Waals surface area contributed by atoms with Gasteiger partial charge < -0.3 is 0 Å². The van der Waals surface area contributed by atoms with Crippen LogP contribution < -0.4 is 0 Å². The predicted molar refractivity (Wildman–Crippen MR) is 50.5 cm³/mol. The second-order valence-electron chi connectivity index (χ2n) is 3.91. The van der Waals surface area contributed by atoms with E-state index in [0.29, 0.717) is 19.0 Å². The second kappa shape index (κ2) is 4.71. The molecule has 0 aromatic rings. The monoisotopic (exact) mass is 229 g/mol. The SMILES string of the molecule is CC(Cl)C1CCN(CC(F)(F)F)CC1. The van der Waals surface area contributed by atoms with Gasteiger partial charge in [-0.3, -0.25) is 4.90 Å². The molecule has 0 spiro atoms. The molecular weight excluding hydrogens is 215 g/mol. The normalized spacial score (nSPS) is 23.8. The molecule has 1 aliphatic rings. The number of halogens is 4. The topological polar surface area (TPSA) is 3.24 Å². The number of piperidine rings is 1. The van der Waals surface area contributed by atoms with Crippen molar-refractivity contribution in [2.45, 2.75) is 31.3 Å². The number of rotatable bonds is 2. The second-order valence-corrected chi connectivity index (χ2v) is 4.59. The highest BCUT2D eigenvalue weighted by Crippen LogP contribution is 2.26. The molecule has 0 saturated carbocycles. The molecule has 0 amide bonds. The van der Waals surface area contributed by atoms with E-state index in [1.807, 2.05) is 6.92 Å². The standard InChI is InChI=1S/C9H15ClF3N/c1-7(10)8-2-4-14(5-3-8)6-9(11,12)13/h7-8H,2-6H2,1H3. The molecule has 1 heterocycles. The predicted octanol–water partition coefficient (Wildman–Crippen LogP) is 2.89. The average Bonchev–Trinajstić information content (AvgIpc) is 2.02. The van der Waals surface area contributed by atoms with Crippen molar-refractivity contribution in [1.82, 2.24) is 4.90 Å². The highest BCUT2D eigenvalue weighted by molar-refractivity contribution is 6.20. The minimum atomic E-state index is -4.07. The zero-order valence-corrected chi connectivity index (χ0v) is 8.91. The lowest BCUT2D eigenvalue weighted by atomic mass is 9.94. The van der Waals surface area contributed by atoms with E-state index in [-0.39, 0.29) is 5.38 Å². The molecule has 0 aromatic heterocycles. The van der Waals surface area contributed by atoms with Crippen molar-refractivity contribution in [3.8, 4) is 0 Å². The van der Waals surface area contributed by atoms with Crippen LogP contribution in [0.25, 0.3) is 0 Å². The van der Waals surface area contributed by atoms with Crippen LogP contribution in [0, 0.1) is 5.92 Å². The Morgan fingerprint density at radius 1 is 1.36 bits per heavy atom. The summed E-state index contributed by atoms with van der Waals surface area (Å²) >= 11 is 5.90. The molecule has 1 aliphatic heterocycles. The Morgan fingerprint density at radius 2 is 1.86 bits per heavy atom. The molecule has 1 atom stereocenters. The summed E-state index contributed by atoms with van der Waals surface area (Å²) in [6.45, 7) is 2.16. The van der Waals surface area contributed by atoms with Gasteiger partial charge in [0.25, 0.3) is 0 Å². The molecule has 0 aliphatic carbocycles. The van der Waals surface area contributed by atoms with E-state index in [0.717, 1.165) is 12.8 Å². The fourth-order valence-corrected chi connectivity index (χ4v) is 2.08. The van der Waals surface area contributed by atoms with E-state index < -0.39 is 12.7 Å². The highest BCUT2D eigenvalue weighted by atomic mass is 35.5. The van der Waals surface area contributed by atoms with Crippen molar-refractivity contribution in [2.24, 2.45) is 5.92 Å². The first-order chi connectivity index (χ1) is 6.38. The number of hydrogen-bond acceptors (Lipinski definition) is 1. The summed E-state index contributed by atoms with van der Waals surface area (Å²) in [5.41, 5.74) is 0. The van der Waals surface area contributed by atoms with Crippen molar-refractivity contribution in [3.63, 3.8) is 0 Å². The van der Waals surface area contributed by atoms with Gasteiger partial charge in [-0.2, -0.15) is 13.2 Å². The maximum absolute atomic E-state index is 12.0. The smallest absolute Gasteiger partial charge is 0.295 e. The summed E-state index contributed by atoms with van der Waals surface area (Å²) in [6, 6.07) is 0. The molecule has 1 rings (SSSR count). The van der Waals surface area contributed by atoms with Crippen molar-refractivity contribution in [2.75, 3.05) is 19.6 Å². The quantitative estimate of drug-likeness (QED) is 0.659. The maximum Gasteiger partial charge on any atom is 0.401 e. The van der Waals surface area contributed by atoms with Crippen LogP contribution in [0.4, 0.5) is 13.2 Å². The van der Waals surface area contributed by atoms with Gasteiger partial charge in [0.05, 0.1) is 6.54 Å². The first-order valence-corrected chi connectivity index (χ1v) is 5.25. The number of nitrogens with zero attached hydrogens (tertiary/aromatic N) is 1. The molecule has 0 radical (unpaired) electrons. The summed E-state index contributed by atoms with van der Waals surface area (Å²) < 4.78 is 36.1. The van der Waals surface area contributed by atoms with Gasteiger partial charge in [-0.15, -0.1) is 11.6 Å². The molecule has 0 bridgehead atoms. The molecular formula is C9H15ClF3N. The van der Waals surface area contributed by atoms with Crippen molar-refractivity contribution in [3.05, 3.63) is 0 Å². The van der Waals surface area contributed by atoms with Gasteiger partial charge in [-0.25, -0.2) is 0 Å². The molecule has 14 heavy (non-hydrogen) atoms. The van der Waals surface area contributed by atoms with Crippen molar-refractivity contribution < 1.29 is 13.2 Å². The Bertz CT molecular complexity index is 173. The Hall–Kier alpha value is 0.0400. The van der Waals surface area contributed by atoms with Gasteiger partial charge in [-0.05, 0) is 38.8 Å². The van der Waals surface area contributed by atoms with Crippen LogP contribution in [0.2, 0.25) is 0 Å². The Labute approximate surface area is 87.2 Å². The molecule has 1 unspecified atom stereocenters. The van der Waals surface area contributed by atoms with Gasteiger partial charge in [0, 0.05) is 5.38 Å². The number of alkyl halides is 4. The summed E-state index contributed by atoms with van der Waals surface area (Å²) in [5, 5.41) is 0.0723. The van der Waals surface area contributed by atoms with Gasteiger partial charge in [0.1, 0.15) is 0 Å². The third-order valence-corrected chi connectivity index (χ3v) is 3.04. The molecule has 5 heteroatoms. The fraction of sp³-hybridized carbons (Fsp3) is 1.00. The van der Waals surface area contributed by atoms with Crippen molar-refractivity contribution in [1.29, 1.82) is 0 Å². The van der Waals surface area contributed by atoms with Crippen LogP contribution in [0.15, 0.2) is 0 Å². The summed E-state index contributed by atoms with van der Waals surface area (Å²) in [4.78, 5) is 1.45. The minimum Gasteiger partial charge on any atom is -0.295 e. The summed E-state index contributed by atoms with van der Waals surface area (Å²) in [7, 11) is 0. The van der Waals surface area contributed by atoms with Crippen LogP contribution in [-0.2, 0) is 0 Å². The zero-order valence-electron chi connectivity index (χ0n) is 8.15. The lowest BCUT2D eigenvalue weighted by molar-refractivity contribution is -0.148. The first kappa shape index (κ1) is 12.1. The summed E-state index contributed by atoms with van der Waals surface area (Å²) in [6.07, 6.45) is -2.51. The first-order valence-electron chi connectivity index (χ1n) is 4.81. The molecule has 0 aromatic carbocycles. The van der Waals surface area contributed by atoms with Crippen LogP contribution in [0.5, 0.6) is 0 Å². The Balaban J connectivity index is 2.29. The van der Waals surface area contributed by atoms with E-state index in [9.17, 15) is 13.2 Å². The van der Waals surface area contributed by atoms with Crippen LogP contribution in [0.1, 0.15) is 19.8 Å². The van der Waals surface area contributed by atoms with Crippen LogP contribution >= 0.6 is 11.6 Å². The highest BCUT2D eigenvalue weighted by Gasteiger charge is 2.33. The molecule has 1 fully saturated rings. The minimum absolute atomic E-state index is 0.0723. The molecule has 0 N–H and O–H groups in total. The lowest BCUT2D eigenvalue weighted by Gasteiger charge is -2.33.